The lowest BCUT2D eigenvalue weighted by molar-refractivity contribution is -0.133. The third-order valence-corrected chi connectivity index (χ3v) is 6.87. The molecule has 5 heteroatoms. The summed E-state index contributed by atoms with van der Waals surface area (Å²) in [6.07, 6.45) is 8.33. The minimum atomic E-state index is 0.106. The second-order valence-electron chi connectivity index (χ2n) is 9.12. The minimum absolute atomic E-state index is 0.106. The van der Waals surface area contributed by atoms with Crippen molar-refractivity contribution in [2.75, 3.05) is 32.7 Å². The van der Waals surface area contributed by atoms with Crippen molar-refractivity contribution in [3.63, 3.8) is 0 Å². The molecule has 5 nitrogen and oxygen atoms in total. The highest BCUT2D eigenvalue weighted by molar-refractivity contribution is 5.79. The molecule has 1 atom stereocenters. The van der Waals surface area contributed by atoms with E-state index in [0.717, 1.165) is 64.7 Å². The molecule has 2 amide bonds. The van der Waals surface area contributed by atoms with Crippen LogP contribution >= 0.6 is 0 Å². The molecule has 1 aromatic rings. The van der Waals surface area contributed by atoms with E-state index in [1.807, 2.05) is 18.2 Å². The van der Waals surface area contributed by atoms with E-state index < -0.39 is 0 Å². The Bertz CT molecular complexity index is 681. The van der Waals surface area contributed by atoms with Gasteiger partial charge in [0.25, 0.3) is 0 Å². The van der Waals surface area contributed by atoms with Crippen LogP contribution < -0.4 is 5.32 Å². The van der Waals surface area contributed by atoms with E-state index in [0.29, 0.717) is 24.4 Å². The minimum Gasteiger partial charge on any atom is -0.355 e. The fourth-order valence-electron chi connectivity index (χ4n) is 4.85. The largest absolute Gasteiger partial charge is 0.355 e. The van der Waals surface area contributed by atoms with Gasteiger partial charge in [0.2, 0.25) is 11.8 Å². The summed E-state index contributed by atoms with van der Waals surface area (Å²) in [5, 5.41) is 3.15. The van der Waals surface area contributed by atoms with Gasteiger partial charge < -0.3 is 10.2 Å². The van der Waals surface area contributed by atoms with Crippen molar-refractivity contribution in [3.05, 3.63) is 35.9 Å². The van der Waals surface area contributed by atoms with Gasteiger partial charge in [0.15, 0.2) is 0 Å². The zero-order valence-electron chi connectivity index (χ0n) is 17.5. The van der Waals surface area contributed by atoms with Crippen LogP contribution in [0.3, 0.4) is 0 Å². The van der Waals surface area contributed by atoms with Gasteiger partial charge >= 0.3 is 0 Å². The highest BCUT2D eigenvalue weighted by Gasteiger charge is 2.33. The van der Waals surface area contributed by atoms with E-state index in [1.165, 1.54) is 18.4 Å². The Morgan fingerprint density at radius 3 is 2.45 bits per heavy atom. The van der Waals surface area contributed by atoms with Crippen molar-refractivity contribution in [2.45, 2.75) is 57.4 Å². The quantitative estimate of drug-likeness (QED) is 0.770. The normalized spacial score (nSPS) is 23.7. The van der Waals surface area contributed by atoms with Crippen LogP contribution in [-0.4, -0.2) is 60.4 Å². The maximum Gasteiger partial charge on any atom is 0.224 e. The van der Waals surface area contributed by atoms with Crippen molar-refractivity contribution in [3.8, 4) is 0 Å². The van der Waals surface area contributed by atoms with Crippen LogP contribution in [0.2, 0.25) is 0 Å². The summed E-state index contributed by atoms with van der Waals surface area (Å²) in [7, 11) is 0. The molecule has 1 N–H and O–H groups in total. The van der Waals surface area contributed by atoms with Crippen LogP contribution in [0.25, 0.3) is 0 Å². The summed E-state index contributed by atoms with van der Waals surface area (Å²) in [5.41, 5.74) is 1.26. The van der Waals surface area contributed by atoms with Gasteiger partial charge in [-0.2, -0.15) is 0 Å². The number of carbonyl (C=O) groups excluding carboxylic acids is 2. The van der Waals surface area contributed by atoms with Crippen molar-refractivity contribution < 1.29 is 9.59 Å². The second-order valence-corrected chi connectivity index (χ2v) is 9.12. The average molecular weight is 398 g/mol. The van der Waals surface area contributed by atoms with Gasteiger partial charge in [0.1, 0.15) is 0 Å². The summed E-state index contributed by atoms with van der Waals surface area (Å²) in [6.45, 7) is 4.45. The summed E-state index contributed by atoms with van der Waals surface area (Å²) >= 11 is 0. The molecule has 0 aromatic heterocycles. The highest BCUT2D eigenvalue weighted by atomic mass is 16.2. The van der Waals surface area contributed by atoms with E-state index >= 15 is 0 Å². The van der Waals surface area contributed by atoms with Crippen LogP contribution in [-0.2, 0) is 16.0 Å². The molecule has 0 radical (unpaired) electrons. The number of carbonyl (C=O) groups is 2. The lowest BCUT2D eigenvalue weighted by Crippen LogP contribution is -2.51. The summed E-state index contributed by atoms with van der Waals surface area (Å²) in [4.78, 5) is 29.6. The van der Waals surface area contributed by atoms with Crippen molar-refractivity contribution in [1.29, 1.82) is 0 Å². The third-order valence-electron chi connectivity index (χ3n) is 6.87. The van der Waals surface area contributed by atoms with E-state index in [2.05, 4.69) is 27.2 Å². The lowest BCUT2D eigenvalue weighted by atomic mass is 9.93. The van der Waals surface area contributed by atoms with E-state index in [4.69, 9.17) is 0 Å². The zero-order chi connectivity index (χ0) is 20.1. The number of hydrogen-bond acceptors (Lipinski definition) is 3. The molecule has 2 heterocycles. The molecule has 1 aliphatic carbocycles. The monoisotopic (exact) mass is 397 g/mol. The predicted molar refractivity (Wildman–Crippen MR) is 114 cm³/mol. The second kappa shape index (κ2) is 9.75. The smallest absolute Gasteiger partial charge is 0.224 e. The number of benzene rings is 1. The average Bonchev–Trinajstić information content (AvgIpc) is 3.58. The molecule has 2 saturated heterocycles. The van der Waals surface area contributed by atoms with Crippen molar-refractivity contribution >= 4 is 11.8 Å². The SMILES string of the molecule is O=C(NCCc1ccccc1)C1CCCN(C2CCN(C(=O)CC3CC3)CC2)C1. The third kappa shape index (κ3) is 5.81. The fraction of sp³-hybridized carbons (Fsp3) is 0.667. The molecule has 158 valence electrons. The number of piperidine rings is 2. The molecule has 1 unspecified atom stereocenters. The van der Waals surface area contributed by atoms with Gasteiger partial charge in [-0.05, 0) is 63.0 Å². The summed E-state index contributed by atoms with van der Waals surface area (Å²) < 4.78 is 0. The predicted octanol–water partition coefficient (Wildman–Crippen LogP) is 2.85. The Morgan fingerprint density at radius 1 is 0.966 bits per heavy atom. The van der Waals surface area contributed by atoms with Crippen LogP contribution in [0.5, 0.6) is 0 Å². The number of hydrogen-bond donors (Lipinski definition) is 1. The lowest BCUT2D eigenvalue weighted by Gasteiger charge is -2.42. The summed E-state index contributed by atoms with van der Waals surface area (Å²) in [6, 6.07) is 10.8. The van der Waals surface area contributed by atoms with E-state index in [9.17, 15) is 9.59 Å². The molecule has 2 aliphatic heterocycles. The summed E-state index contributed by atoms with van der Waals surface area (Å²) in [5.74, 6) is 1.35. The first-order valence-electron chi connectivity index (χ1n) is 11.5. The maximum atomic E-state index is 12.7. The first-order valence-corrected chi connectivity index (χ1v) is 11.5. The molecule has 4 rings (SSSR count). The molecule has 1 saturated carbocycles. The first-order chi connectivity index (χ1) is 14.2. The Hall–Kier alpha value is -1.88. The molecular formula is C24H35N3O2. The Labute approximate surface area is 174 Å². The number of nitrogens with zero attached hydrogens (tertiary/aromatic N) is 2. The molecule has 3 aliphatic rings. The van der Waals surface area contributed by atoms with Crippen LogP contribution in [0.15, 0.2) is 30.3 Å². The van der Waals surface area contributed by atoms with E-state index in [-0.39, 0.29) is 11.8 Å². The van der Waals surface area contributed by atoms with Crippen molar-refractivity contribution in [2.24, 2.45) is 11.8 Å². The van der Waals surface area contributed by atoms with Crippen LogP contribution in [0, 0.1) is 11.8 Å². The Morgan fingerprint density at radius 2 is 1.72 bits per heavy atom. The zero-order valence-corrected chi connectivity index (χ0v) is 17.5. The van der Waals surface area contributed by atoms with Gasteiger partial charge in [0.05, 0.1) is 5.92 Å². The van der Waals surface area contributed by atoms with Crippen LogP contribution in [0.1, 0.15) is 50.5 Å². The molecule has 0 spiro atoms. The molecule has 1 aromatic carbocycles. The first kappa shape index (κ1) is 20.4. The van der Waals surface area contributed by atoms with Crippen LogP contribution in [0.4, 0.5) is 0 Å². The molecular weight excluding hydrogens is 362 g/mol. The maximum absolute atomic E-state index is 12.7. The topological polar surface area (TPSA) is 52.7 Å². The van der Waals surface area contributed by atoms with Gasteiger partial charge in [-0.1, -0.05) is 30.3 Å². The van der Waals surface area contributed by atoms with Crippen molar-refractivity contribution in [1.82, 2.24) is 15.1 Å². The van der Waals surface area contributed by atoms with Gasteiger partial charge in [-0.3, -0.25) is 14.5 Å². The van der Waals surface area contributed by atoms with Gasteiger partial charge in [-0.15, -0.1) is 0 Å². The molecule has 29 heavy (non-hydrogen) atoms. The highest BCUT2D eigenvalue weighted by Crippen LogP contribution is 2.33. The molecule has 3 fully saturated rings. The Balaban J connectivity index is 1.19. The standard InChI is InChI=1S/C24H35N3O2/c28-23(17-20-8-9-20)26-15-11-22(12-16-26)27-14-4-7-21(18-27)24(29)25-13-10-19-5-2-1-3-6-19/h1-3,5-6,20-22H,4,7-18H2,(H,25,29). The number of nitrogens with one attached hydrogen (secondary N) is 1. The van der Waals surface area contributed by atoms with Gasteiger partial charge in [0, 0.05) is 38.6 Å². The fourth-order valence-corrected chi connectivity index (χ4v) is 4.85. The Kier molecular flexibility index (Phi) is 6.86. The number of rotatable bonds is 7. The van der Waals surface area contributed by atoms with E-state index in [1.54, 1.807) is 0 Å². The number of likely N-dealkylation sites (tertiary alicyclic amines) is 2. The number of amides is 2. The van der Waals surface area contributed by atoms with Gasteiger partial charge in [-0.25, -0.2) is 0 Å². The molecule has 0 bridgehead atoms.